The minimum absolute atomic E-state index is 0.0172. The van der Waals surface area contributed by atoms with Gasteiger partial charge in [-0.3, -0.25) is 9.59 Å². The third-order valence-electron chi connectivity index (χ3n) is 5.74. The molecule has 6 nitrogen and oxygen atoms in total. The van der Waals surface area contributed by atoms with Crippen molar-refractivity contribution in [2.45, 2.75) is 57.3 Å². The largest absolute Gasteiger partial charge is 0.451 e. The van der Waals surface area contributed by atoms with Crippen molar-refractivity contribution in [1.29, 1.82) is 0 Å². The highest BCUT2D eigenvalue weighted by Gasteiger charge is 2.30. The van der Waals surface area contributed by atoms with Crippen LogP contribution in [0.2, 0.25) is 0 Å². The molecule has 2 amide bonds. The van der Waals surface area contributed by atoms with Gasteiger partial charge in [0.05, 0.1) is 12.1 Å². The molecule has 0 radical (unpaired) electrons. The van der Waals surface area contributed by atoms with Crippen molar-refractivity contribution in [1.82, 2.24) is 5.32 Å². The average Bonchev–Trinajstić information content (AvgIpc) is 3.20. The van der Waals surface area contributed by atoms with Gasteiger partial charge in [0.1, 0.15) is 11.3 Å². The molecule has 4 N–H and O–H groups in total. The number of nitrogens with two attached hydrogens (primary N) is 1. The molecule has 3 aromatic rings. The molecule has 0 aliphatic heterocycles. The van der Waals surface area contributed by atoms with Crippen LogP contribution in [0.25, 0.3) is 11.0 Å². The number of primary amides is 1. The number of halogens is 1. The predicted molar refractivity (Wildman–Crippen MR) is 125 cm³/mol. The maximum absolute atomic E-state index is 14.0. The first-order chi connectivity index (χ1) is 15.6. The van der Waals surface area contributed by atoms with Crippen LogP contribution in [0.15, 0.2) is 65.1 Å². The molecule has 0 spiro atoms. The molecule has 0 saturated heterocycles. The summed E-state index contributed by atoms with van der Waals surface area (Å²) in [4.78, 5) is 24.9. The van der Waals surface area contributed by atoms with Gasteiger partial charge in [0.25, 0.3) is 5.91 Å². The van der Waals surface area contributed by atoms with E-state index in [9.17, 15) is 19.1 Å². The SMILES string of the molecule is CC(C)(F)CC[C@H](C[C@H](O)[C@H](Cc1ccccc1)NC(=O)c1cc2ccccc2o1)C(N)=O. The van der Waals surface area contributed by atoms with Gasteiger partial charge in [0.15, 0.2) is 5.76 Å². The molecule has 3 rings (SSSR count). The highest BCUT2D eigenvalue weighted by Crippen LogP contribution is 2.24. The predicted octanol–water partition coefficient (Wildman–Crippen LogP) is 4.15. The van der Waals surface area contributed by atoms with Crippen molar-refractivity contribution >= 4 is 22.8 Å². The molecule has 0 saturated carbocycles. The minimum atomic E-state index is -1.45. The minimum Gasteiger partial charge on any atom is -0.451 e. The molecule has 176 valence electrons. The second-order valence-electron chi connectivity index (χ2n) is 9.08. The summed E-state index contributed by atoms with van der Waals surface area (Å²) in [6.07, 6.45) is -0.357. The Morgan fingerprint density at radius 2 is 1.79 bits per heavy atom. The summed E-state index contributed by atoms with van der Waals surface area (Å²) in [5.74, 6) is -1.64. The number of aliphatic hydroxyl groups is 1. The topological polar surface area (TPSA) is 106 Å². The Morgan fingerprint density at radius 1 is 1.12 bits per heavy atom. The van der Waals surface area contributed by atoms with E-state index in [1.165, 1.54) is 13.8 Å². The van der Waals surface area contributed by atoms with Crippen molar-refractivity contribution in [2.24, 2.45) is 11.7 Å². The molecule has 0 aliphatic rings. The fourth-order valence-electron chi connectivity index (χ4n) is 3.83. The third kappa shape index (κ3) is 7.15. The number of benzene rings is 2. The maximum Gasteiger partial charge on any atom is 0.287 e. The highest BCUT2D eigenvalue weighted by molar-refractivity contribution is 5.96. The summed E-state index contributed by atoms with van der Waals surface area (Å²) in [5.41, 5.74) is 5.58. The summed E-state index contributed by atoms with van der Waals surface area (Å²) in [5, 5.41) is 14.7. The van der Waals surface area contributed by atoms with Gasteiger partial charge in [-0.2, -0.15) is 0 Å². The molecule has 1 heterocycles. The number of para-hydroxylation sites is 1. The monoisotopic (exact) mass is 454 g/mol. The summed E-state index contributed by atoms with van der Waals surface area (Å²) in [6, 6.07) is 17.6. The number of carbonyl (C=O) groups is 2. The van der Waals surface area contributed by atoms with Crippen molar-refractivity contribution < 1.29 is 23.5 Å². The summed E-state index contributed by atoms with van der Waals surface area (Å²) >= 11 is 0. The van der Waals surface area contributed by atoms with Gasteiger partial charge in [-0.05, 0) is 57.2 Å². The fourth-order valence-corrected chi connectivity index (χ4v) is 3.83. The van der Waals surface area contributed by atoms with Crippen LogP contribution < -0.4 is 11.1 Å². The van der Waals surface area contributed by atoms with Crippen molar-refractivity contribution in [3.8, 4) is 0 Å². The molecule has 1 aromatic heterocycles. The number of rotatable bonds is 11. The number of hydrogen-bond acceptors (Lipinski definition) is 4. The van der Waals surface area contributed by atoms with E-state index >= 15 is 0 Å². The van der Waals surface area contributed by atoms with Crippen LogP contribution in [0, 0.1) is 5.92 Å². The number of carbonyl (C=O) groups excluding carboxylic acids is 2. The Balaban J connectivity index is 1.77. The summed E-state index contributed by atoms with van der Waals surface area (Å²) in [6.45, 7) is 2.88. The maximum atomic E-state index is 14.0. The first kappa shape index (κ1) is 24.5. The molecular formula is C26H31FN2O4. The van der Waals surface area contributed by atoms with Gasteiger partial charge in [-0.15, -0.1) is 0 Å². The second-order valence-corrected chi connectivity index (χ2v) is 9.08. The normalized spacial score (nSPS) is 14.5. The Bertz CT molecular complexity index is 1040. The average molecular weight is 455 g/mol. The van der Waals surface area contributed by atoms with Gasteiger partial charge in [-0.25, -0.2) is 4.39 Å². The molecule has 7 heteroatoms. The van der Waals surface area contributed by atoms with Crippen LogP contribution in [0.1, 0.15) is 49.2 Å². The zero-order valence-electron chi connectivity index (χ0n) is 19.0. The molecule has 0 fully saturated rings. The van der Waals surface area contributed by atoms with Crippen molar-refractivity contribution in [2.75, 3.05) is 0 Å². The van der Waals surface area contributed by atoms with Gasteiger partial charge in [0.2, 0.25) is 5.91 Å². The van der Waals surface area contributed by atoms with E-state index in [1.54, 1.807) is 12.1 Å². The molecule has 2 aromatic carbocycles. The van der Waals surface area contributed by atoms with Gasteiger partial charge in [-0.1, -0.05) is 48.5 Å². The third-order valence-corrected chi connectivity index (χ3v) is 5.74. The molecule has 0 bridgehead atoms. The number of alkyl halides is 1. The quantitative estimate of drug-likeness (QED) is 0.405. The number of aliphatic hydroxyl groups excluding tert-OH is 1. The number of amides is 2. The molecule has 0 aliphatic carbocycles. The van der Waals surface area contributed by atoms with E-state index in [1.807, 2.05) is 48.5 Å². The molecule has 33 heavy (non-hydrogen) atoms. The summed E-state index contributed by atoms with van der Waals surface area (Å²) in [7, 11) is 0. The lowest BCUT2D eigenvalue weighted by Crippen LogP contribution is -2.46. The molecule has 3 atom stereocenters. The first-order valence-electron chi connectivity index (χ1n) is 11.1. The van der Waals surface area contributed by atoms with E-state index < -0.39 is 35.5 Å². The van der Waals surface area contributed by atoms with Gasteiger partial charge in [0, 0.05) is 11.3 Å². The Hall–Kier alpha value is -3.19. The Kier molecular flexibility index (Phi) is 7.87. The lowest BCUT2D eigenvalue weighted by molar-refractivity contribution is -0.123. The van der Waals surface area contributed by atoms with Crippen molar-refractivity contribution in [3.05, 3.63) is 72.0 Å². The zero-order chi connectivity index (χ0) is 24.0. The van der Waals surface area contributed by atoms with Crippen LogP contribution in [-0.4, -0.2) is 34.7 Å². The van der Waals surface area contributed by atoms with Gasteiger partial charge < -0.3 is 20.6 Å². The fraction of sp³-hybridized carbons (Fsp3) is 0.385. The van der Waals surface area contributed by atoms with E-state index in [0.29, 0.717) is 12.0 Å². The molecular weight excluding hydrogens is 423 g/mol. The van der Waals surface area contributed by atoms with E-state index in [-0.39, 0.29) is 25.0 Å². The number of hydrogen-bond donors (Lipinski definition) is 3. The zero-order valence-corrected chi connectivity index (χ0v) is 19.0. The van der Waals surface area contributed by atoms with Gasteiger partial charge >= 0.3 is 0 Å². The standard InChI is InChI=1S/C26H31FN2O4/c1-26(2,27)13-12-19(24(28)31)15-21(30)20(14-17-8-4-3-5-9-17)29-25(32)23-16-18-10-6-7-11-22(18)33-23/h3-11,16,19-21,30H,12-15H2,1-2H3,(H2,28,31)(H,29,32)/t19-,20+,21+/m1/s1. The molecule has 0 unspecified atom stereocenters. The van der Waals surface area contributed by atoms with E-state index in [2.05, 4.69) is 5.32 Å². The second kappa shape index (κ2) is 10.6. The van der Waals surface area contributed by atoms with Crippen molar-refractivity contribution in [3.63, 3.8) is 0 Å². The highest BCUT2D eigenvalue weighted by atomic mass is 19.1. The number of furan rings is 1. The van der Waals surface area contributed by atoms with Crippen LogP contribution in [0.4, 0.5) is 4.39 Å². The Morgan fingerprint density at radius 3 is 2.42 bits per heavy atom. The van der Waals surface area contributed by atoms with E-state index in [0.717, 1.165) is 10.9 Å². The first-order valence-corrected chi connectivity index (χ1v) is 11.1. The van der Waals surface area contributed by atoms with Crippen LogP contribution in [0.5, 0.6) is 0 Å². The van der Waals surface area contributed by atoms with E-state index in [4.69, 9.17) is 10.2 Å². The Labute approximate surface area is 193 Å². The van der Waals surface area contributed by atoms with Crippen LogP contribution >= 0.6 is 0 Å². The number of nitrogens with one attached hydrogen (secondary N) is 1. The summed E-state index contributed by atoms with van der Waals surface area (Å²) < 4.78 is 19.6. The lowest BCUT2D eigenvalue weighted by atomic mass is 9.88. The number of fused-ring (bicyclic) bond motifs is 1. The lowest BCUT2D eigenvalue weighted by Gasteiger charge is -2.27. The van der Waals surface area contributed by atoms with Crippen LogP contribution in [-0.2, 0) is 11.2 Å². The van der Waals surface area contributed by atoms with Crippen LogP contribution in [0.3, 0.4) is 0 Å². The smallest absolute Gasteiger partial charge is 0.287 e.